The van der Waals surface area contributed by atoms with Crippen LogP contribution in [0.3, 0.4) is 0 Å². The van der Waals surface area contributed by atoms with E-state index in [4.69, 9.17) is 4.98 Å². The predicted molar refractivity (Wildman–Crippen MR) is 149 cm³/mol. The first-order valence-corrected chi connectivity index (χ1v) is 12.3. The number of nitrogens with zero attached hydrogens (tertiary/aromatic N) is 4. The second kappa shape index (κ2) is 7.09. The molecule has 0 saturated heterocycles. The molecule has 4 heteroatoms. The molecule has 0 saturated carbocycles. The highest BCUT2D eigenvalue weighted by molar-refractivity contribution is 6.10. The lowest BCUT2D eigenvalue weighted by molar-refractivity contribution is 1.11. The molecule has 0 bridgehead atoms. The van der Waals surface area contributed by atoms with Gasteiger partial charge in [-0.25, -0.2) is 4.98 Å². The molecular formula is C32H22N4. The van der Waals surface area contributed by atoms with E-state index >= 15 is 0 Å². The minimum absolute atomic E-state index is 0.930. The van der Waals surface area contributed by atoms with Gasteiger partial charge in [0.15, 0.2) is 0 Å². The van der Waals surface area contributed by atoms with Crippen molar-refractivity contribution >= 4 is 49.7 Å². The number of fused-ring (bicyclic) bond motifs is 8. The number of hydrogen-bond donors (Lipinski definition) is 0. The van der Waals surface area contributed by atoms with Crippen molar-refractivity contribution in [2.75, 3.05) is 0 Å². The molecule has 0 aliphatic carbocycles. The van der Waals surface area contributed by atoms with E-state index in [1.807, 2.05) is 6.07 Å². The van der Waals surface area contributed by atoms with Crippen LogP contribution < -0.4 is 0 Å². The Bertz CT molecular complexity index is 2110. The summed E-state index contributed by atoms with van der Waals surface area (Å²) in [6.45, 7) is 2.16. The van der Waals surface area contributed by atoms with E-state index in [0.717, 1.165) is 33.5 Å². The number of para-hydroxylation sites is 5. The summed E-state index contributed by atoms with van der Waals surface area (Å²) in [6, 6.07) is 41.0. The topological polar surface area (TPSA) is 27.2 Å². The highest BCUT2D eigenvalue weighted by Crippen LogP contribution is 2.36. The highest BCUT2D eigenvalue weighted by atomic mass is 15.2. The zero-order valence-corrected chi connectivity index (χ0v) is 19.8. The Labute approximate surface area is 207 Å². The Hall–Kier alpha value is -4.83. The van der Waals surface area contributed by atoms with Crippen LogP contribution in [0.4, 0.5) is 0 Å². The third-order valence-corrected chi connectivity index (χ3v) is 7.28. The van der Waals surface area contributed by atoms with Crippen molar-refractivity contribution < 1.29 is 0 Å². The van der Waals surface area contributed by atoms with Gasteiger partial charge in [0, 0.05) is 22.1 Å². The van der Waals surface area contributed by atoms with Crippen LogP contribution in [0.15, 0.2) is 115 Å². The van der Waals surface area contributed by atoms with Crippen LogP contribution in [0.5, 0.6) is 0 Å². The number of aryl methyl sites for hydroxylation is 1. The van der Waals surface area contributed by atoms with Crippen molar-refractivity contribution in [1.82, 2.24) is 18.5 Å². The second-order valence-electron chi connectivity index (χ2n) is 9.45. The molecule has 0 aliphatic rings. The van der Waals surface area contributed by atoms with Gasteiger partial charge < -0.3 is 4.57 Å². The zero-order valence-electron chi connectivity index (χ0n) is 19.8. The van der Waals surface area contributed by atoms with E-state index in [-0.39, 0.29) is 0 Å². The summed E-state index contributed by atoms with van der Waals surface area (Å²) in [5.74, 6) is 0.930. The molecule has 0 N–H and O–H groups in total. The lowest BCUT2D eigenvalue weighted by Crippen LogP contribution is -1.96. The van der Waals surface area contributed by atoms with Gasteiger partial charge in [0.1, 0.15) is 0 Å². The number of benzene rings is 5. The average molecular weight is 463 g/mol. The van der Waals surface area contributed by atoms with Gasteiger partial charge in [-0.2, -0.15) is 0 Å². The van der Waals surface area contributed by atoms with E-state index in [1.165, 1.54) is 33.1 Å². The first kappa shape index (κ1) is 19.5. The smallest absolute Gasteiger partial charge is 0.220 e. The summed E-state index contributed by atoms with van der Waals surface area (Å²) in [5, 5.41) is 2.50. The highest BCUT2D eigenvalue weighted by Gasteiger charge is 2.18. The molecule has 0 amide bonds. The van der Waals surface area contributed by atoms with E-state index in [1.54, 1.807) is 0 Å². The van der Waals surface area contributed by atoms with Crippen molar-refractivity contribution in [3.05, 3.63) is 121 Å². The average Bonchev–Trinajstić information content (AvgIpc) is 3.55. The molecule has 8 rings (SSSR count). The second-order valence-corrected chi connectivity index (χ2v) is 9.45. The molecule has 0 radical (unpaired) electrons. The van der Waals surface area contributed by atoms with E-state index in [0.29, 0.717) is 0 Å². The number of imidazole rings is 2. The fourth-order valence-electron chi connectivity index (χ4n) is 5.72. The number of aromatic nitrogens is 4. The fourth-order valence-corrected chi connectivity index (χ4v) is 5.72. The normalized spacial score (nSPS) is 12.0. The summed E-state index contributed by atoms with van der Waals surface area (Å²) in [7, 11) is 0. The Balaban J connectivity index is 1.50. The maximum atomic E-state index is 5.06. The molecule has 4 nitrogen and oxygen atoms in total. The van der Waals surface area contributed by atoms with Crippen molar-refractivity contribution in [3.8, 4) is 11.4 Å². The molecule has 0 spiro atoms. The van der Waals surface area contributed by atoms with Crippen molar-refractivity contribution in [2.24, 2.45) is 0 Å². The van der Waals surface area contributed by atoms with Gasteiger partial charge in [-0.15, -0.1) is 0 Å². The largest absolute Gasteiger partial charge is 0.309 e. The molecule has 0 fully saturated rings. The van der Waals surface area contributed by atoms with Crippen LogP contribution >= 0.6 is 0 Å². The molecule has 0 atom stereocenters. The summed E-state index contributed by atoms with van der Waals surface area (Å²) < 4.78 is 6.92. The van der Waals surface area contributed by atoms with Crippen LogP contribution in [0.25, 0.3) is 61.0 Å². The quantitative estimate of drug-likeness (QED) is 0.257. The molecule has 0 unspecified atom stereocenters. The molecule has 36 heavy (non-hydrogen) atoms. The van der Waals surface area contributed by atoms with Gasteiger partial charge in [-0.3, -0.25) is 8.97 Å². The maximum absolute atomic E-state index is 5.06. The predicted octanol–water partition coefficient (Wildman–Crippen LogP) is 7.84. The third kappa shape index (κ3) is 2.56. The van der Waals surface area contributed by atoms with Gasteiger partial charge >= 0.3 is 0 Å². The summed E-state index contributed by atoms with van der Waals surface area (Å²) >= 11 is 0. The standard InChI is InChI=1S/C32H22N4/c1-21-15-17-27-24(19-21)25-20-23(16-18-28(25)34(27)22-9-3-2-4-10-22)35-30-13-7-8-14-31(30)36-29-12-6-5-11-26(29)33-32(35)36/h2-20H,1H3. The van der Waals surface area contributed by atoms with Crippen molar-refractivity contribution in [1.29, 1.82) is 0 Å². The lowest BCUT2D eigenvalue weighted by Gasteiger charge is -2.09. The van der Waals surface area contributed by atoms with Crippen molar-refractivity contribution in [2.45, 2.75) is 6.92 Å². The summed E-state index contributed by atoms with van der Waals surface area (Å²) in [5.41, 5.74) is 10.4. The van der Waals surface area contributed by atoms with Gasteiger partial charge in [0.25, 0.3) is 0 Å². The molecule has 5 aromatic carbocycles. The van der Waals surface area contributed by atoms with Crippen LogP contribution in [0.2, 0.25) is 0 Å². The number of rotatable bonds is 2. The monoisotopic (exact) mass is 462 g/mol. The van der Waals surface area contributed by atoms with Gasteiger partial charge in [0.05, 0.1) is 33.1 Å². The van der Waals surface area contributed by atoms with Crippen LogP contribution in [0.1, 0.15) is 5.56 Å². The molecule has 8 aromatic rings. The van der Waals surface area contributed by atoms with Crippen LogP contribution in [0, 0.1) is 6.92 Å². The lowest BCUT2D eigenvalue weighted by atomic mass is 10.1. The minimum atomic E-state index is 0.930. The Kier molecular flexibility index (Phi) is 3.84. The first-order valence-electron chi connectivity index (χ1n) is 12.3. The SMILES string of the molecule is Cc1ccc2c(c1)c1cc(-n3c4ccccc4n4c5ccccc5nc34)ccc1n2-c1ccccc1. The first-order chi connectivity index (χ1) is 17.8. The Morgan fingerprint density at radius 2 is 1.17 bits per heavy atom. The van der Waals surface area contributed by atoms with Crippen LogP contribution in [-0.2, 0) is 0 Å². The van der Waals surface area contributed by atoms with Crippen molar-refractivity contribution in [3.63, 3.8) is 0 Å². The van der Waals surface area contributed by atoms with Gasteiger partial charge in [0.2, 0.25) is 5.78 Å². The molecule has 0 aliphatic heterocycles. The van der Waals surface area contributed by atoms with E-state index in [9.17, 15) is 0 Å². The Morgan fingerprint density at radius 1 is 0.500 bits per heavy atom. The molecule has 170 valence electrons. The maximum Gasteiger partial charge on any atom is 0.220 e. The minimum Gasteiger partial charge on any atom is -0.309 e. The Morgan fingerprint density at radius 3 is 2.00 bits per heavy atom. The van der Waals surface area contributed by atoms with E-state index < -0.39 is 0 Å². The number of hydrogen-bond acceptors (Lipinski definition) is 1. The molecular weight excluding hydrogens is 440 g/mol. The zero-order chi connectivity index (χ0) is 23.8. The fraction of sp³-hybridized carbons (Fsp3) is 0.0312. The van der Waals surface area contributed by atoms with Crippen LogP contribution in [-0.4, -0.2) is 18.5 Å². The van der Waals surface area contributed by atoms with Gasteiger partial charge in [-0.1, -0.05) is 54.1 Å². The summed E-state index contributed by atoms with van der Waals surface area (Å²) in [4.78, 5) is 5.06. The third-order valence-electron chi connectivity index (χ3n) is 7.28. The summed E-state index contributed by atoms with van der Waals surface area (Å²) in [6.07, 6.45) is 0. The molecule has 3 aromatic heterocycles. The van der Waals surface area contributed by atoms with Gasteiger partial charge in [-0.05, 0) is 73.7 Å². The molecule has 3 heterocycles. The van der Waals surface area contributed by atoms with E-state index in [2.05, 4.69) is 130 Å².